The van der Waals surface area contributed by atoms with Crippen molar-refractivity contribution in [2.45, 2.75) is 82.9 Å². The second kappa shape index (κ2) is 11.5. The average molecular weight is 371 g/mol. The van der Waals surface area contributed by atoms with Crippen LogP contribution in [0.2, 0.25) is 0 Å². The van der Waals surface area contributed by atoms with E-state index in [1.807, 2.05) is 0 Å². The number of halogens is 3. The van der Waals surface area contributed by atoms with Crippen LogP contribution in [0.15, 0.2) is 24.3 Å². The van der Waals surface area contributed by atoms with Gasteiger partial charge in [-0.05, 0) is 62.9 Å². The summed E-state index contributed by atoms with van der Waals surface area (Å²) in [5, 5.41) is 3.34. The molecule has 0 unspecified atom stereocenters. The Morgan fingerprint density at radius 1 is 0.846 bits per heavy atom. The van der Waals surface area contributed by atoms with Crippen molar-refractivity contribution in [3.8, 4) is 5.75 Å². The molecule has 0 bridgehead atoms. The molecule has 26 heavy (non-hydrogen) atoms. The zero-order chi connectivity index (χ0) is 18.7. The topological polar surface area (TPSA) is 21.3 Å². The van der Waals surface area contributed by atoms with E-state index in [0.29, 0.717) is 12.5 Å². The van der Waals surface area contributed by atoms with Gasteiger partial charge >= 0.3 is 6.18 Å². The highest BCUT2D eigenvalue weighted by atomic mass is 19.4. The molecule has 1 aliphatic rings. The van der Waals surface area contributed by atoms with E-state index < -0.39 is 12.6 Å². The predicted molar refractivity (Wildman–Crippen MR) is 99.7 cm³/mol. The molecule has 0 aromatic heterocycles. The quantitative estimate of drug-likeness (QED) is 0.479. The summed E-state index contributed by atoms with van der Waals surface area (Å²) in [4.78, 5) is 0. The molecule has 1 N–H and O–H groups in total. The standard InChI is InChI=1S/C21H32F3NO/c22-21(23,24)15-7-5-3-1-2-4-6-8-18-9-11-19(12-10-18)26-20-13-16-25-17-14-20/h9-12,20,25H,1-8,13-17H2. The molecule has 1 fully saturated rings. The highest BCUT2D eigenvalue weighted by molar-refractivity contribution is 5.27. The lowest BCUT2D eigenvalue weighted by molar-refractivity contribution is -0.135. The number of rotatable bonds is 11. The molecule has 0 spiro atoms. The molecule has 0 amide bonds. The van der Waals surface area contributed by atoms with E-state index in [0.717, 1.165) is 70.2 Å². The highest BCUT2D eigenvalue weighted by Gasteiger charge is 2.25. The van der Waals surface area contributed by atoms with Gasteiger partial charge in [-0.25, -0.2) is 0 Å². The highest BCUT2D eigenvalue weighted by Crippen LogP contribution is 2.23. The van der Waals surface area contributed by atoms with Gasteiger partial charge in [-0.1, -0.05) is 44.2 Å². The van der Waals surface area contributed by atoms with Gasteiger partial charge in [-0.2, -0.15) is 13.2 Å². The van der Waals surface area contributed by atoms with Crippen molar-refractivity contribution in [2.24, 2.45) is 0 Å². The van der Waals surface area contributed by atoms with Crippen molar-refractivity contribution < 1.29 is 17.9 Å². The summed E-state index contributed by atoms with van der Waals surface area (Å²) in [5.74, 6) is 0.958. The van der Waals surface area contributed by atoms with E-state index in [1.165, 1.54) is 5.56 Å². The maximum absolute atomic E-state index is 12.0. The zero-order valence-electron chi connectivity index (χ0n) is 15.6. The molecule has 1 aromatic rings. The van der Waals surface area contributed by atoms with E-state index >= 15 is 0 Å². The Hall–Kier alpha value is -1.23. The first-order chi connectivity index (χ1) is 12.5. The maximum atomic E-state index is 12.0. The lowest BCUT2D eigenvalue weighted by Gasteiger charge is -2.23. The molecular weight excluding hydrogens is 339 g/mol. The van der Waals surface area contributed by atoms with Gasteiger partial charge in [0, 0.05) is 6.42 Å². The van der Waals surface area contributed by atoms with Crippen LogP contribution in [-0.4, -0.2) is 25.4 Å². The van der Waals surface area contributed by atoms with Crippen LogP contribution >= 0.6 is 0 Å². The fourth-order valence-corrected chi connectivity index (χ4v) is 3.38. The summed E-state index contributed by atoms with van der Waals surface area (Å²) in [5.41, 5.74) is 1.33. The van der Waals surface area contributed by atoms with Crippen LogP contribution in [0.3, 0.4) is 0 Å². The molecule has 1 saturated heterocycles. The SMILES string of the molecule is FC(F)(F)CCCCCCCCCc1ccc(OC2CCNCC2)cc1. The van der Waals surface area contributed by atoms with Gasteiger partial charge in [-0.3, -0.25) is 0 Å². The van der Waals surface area contributed by atoms with Crippen LogP contribution in [0.1, 0.15) is 69.8 Å². The third-order valence-corrected chi connectivity index (χ3v) is 4.94. The van der Waals surface area contributed by atoms with Crippen LogP contribution in [0.4, 0.5) is 13.2 Å². The van der Waals surface area contributed by atoms with Crippen LogP contribution < -0.4 is 10.1 Å². The third kappa shape index (κ3) is 9.46. The molecule has 2 rings (SSSR count). The van der Waals surface area contributed by atoms with Gasteiger partial charge in [0.2, 0.25) is 0 Å². The summed E-state index contributed by atoms with van der Waals surface area (Å²) in [6.07, 6.45) is 5.22. The van der Waals surface area contributed by atoms with Crippen LogP contribution in [-0.2, 0) is 6.42 Å². The summed E-state index contributed by atoms with van der Waals surface area (Å²) in [7, 11) is 0. The van der Waals surface area contributed by atoms with Crippen LogP contribution in [0, 0.1) is 0 Å². The van der Waals surface area contributed by atoms with Crippen molar-refractivity contribution in [1.29, 1.82) is 0 Å². The van der Waals surface area contributed by atoms with Gasteiger partial charge in [0.15, 0.2) is 0 Å². The molecule has 0 atom stereocenters. The van der Waals surface area contributed by atoms with Crippen molar-refractivity contribution in [2.75, 3.05) is 13.1 Å². The molecule has 148 valence electrons. The number of unbranched alkanes of at least 4 members (excludes halogenated alkanes) is 6. The summed E-state index contributed by atoms with van der Waals surface area (Å²) < 4.78 is 42.1. The average Bonchev–Trinajstić information content (AvgIpc) is 2.62. The van der Waals surface area contributed by atoms with Crippen LogP contribution in [0.25, 0.3) is 0 Å². The first kappa shape index (κ1) is 21.1. The molecule has 0 aliphatic carbocycles. The Labute approximate surface area is 155 Å². The number of hydrogen-bond donors (Lipinski definition) is 1. The number of alkyl halides is 3. The Morgan fingerprint density at radius 2 is 1.42 bits per heavy atom. The second-order valence-corrected chi connectivity index (χ2v) is 7.30. The van der Waals surface area contributed by atoms with E-state index in [1.54, 1.807) is 0 Å². The second-order valence-electron chi connectivity index (χ2n) is 7.30. The van der Waals surface area contributed by atoms with E-state index in [9.17, 15) is 13.2 Å². The van der Waals surface area contributed by atoms with Crippen molar-refractivity contribution in [3.05, 3.63) is 29.8 Å². The lowest BCUT2D eigenvalue weighted by Crippen LogP contribution is -2.34. The minimum atomic E-state index is -3.99. The van der Waals surface area contributed by atoms with Crippen molar-refractivity contribution in [1.82, 2.24) is 5.32 Å². The Morgan fingerprint density at radius 3 is 2.04 bits per heavy atom. The Bertz CT molecular complexity index is 481. The van der Waals surface area contributed by atoms with Gasteiger partial charge in [0.1, 0.15) is 11.9 Å². The predicted octanol–water partition coefficient (Wildman–Crippen LogP) is 6.04. The molecule has 2 nitrogen and oxygen atoms in total. The fraction of sp³-hybridized carbons (Fsp3) is 0.714. The maximum Gasteiger partial charge on any atom is 0.389 e. The number of benzene rings is 1. The van der Waals surface area contributed by atoms with Gasteiger partial charge in [0.25, 0.3) is 0 Å². The van der Waals surface area contributed by atoms with E-state index in [2.05, 4.69) is 29.6 Å². The number of nitrogens with one attached hydrogen (secondary N) is 1. The number of hydrogen-bond acceptors (Lipinski definition) is 2. The number of aryl methyl sites for hydroxylation is 1. The molecule has 1 aliphatic heterocycles. The van der Waals surface area contributed by atoms with Crippen molar-refractivity contribution in [3.63, 3.8) is 0 Å². The van der Waals surface area contributed by atoms with Crippen LogP contribution in [0.5, 0.6) is 5.75 Å². The molecule has 0 radical (unpaired) electrons. The monoisotopic (exact) mass is 371 g/mol. The molecule has 5 heteroatoms. The van der Waals surface area contributed by atoms with E-state index in [-0.39, 0.29) is 6.42 Å². The smallest absolute Gasteiger partial charge is 0.389 e. The van der Waals surface area contributed by atoms with Gasteiger partial charge in [0.05, 0.1) is 0 Å². The molecule has 1 heterocycles. The molecular formula is C21H32F3NO. The molecule has 0 saturated carbocycles. The number of piperidine rings is 1. The van der Waals surface area contributed by atoms with E-state index in [4.69, 9.17) is 4.74 Å². The normalized spacial score (nSPS) is 16.0. The zero-order valence-corrected chi connectivity index (χ0v) is 15.6. The Kier molecular flexibility index (Phi) is 9.30. The minimum absolute atomic E-state index is 0.273. The Balaban J connectivity index is 1.49. The number of ether oxygens (including phenoxy) is 1. The third-order valence-electron chi connectivity index (χ3n) is 4.94. The van der Waals surface area contributed by atoms with Crippen molar-refractivity contribution >= 4 is 0 Å². The first-order valence-electron chi connectivity index (χ1n) is 10.1. The largest absolute Gasteiger partial charge is 0.490 e. The fourth-order valence-electron chi connectivity index (χ4n) is 3.38. The lowest BCUT2D eigenvalue weighted by atomic mass is 10.0. The minimum Gasteiger partial charge on any atom is -0.490 e. The van der Waals surface area contributed by atoms with Gasteiger partial charge < -0.3 is 10.1 Å². The van der Waals surface area contributed by atoms with Gasteiger partial charge in [-0.15, -0.1) is 0 Å². The first-order valence-corrected chi connectivity index (χ1v) is 10.1. The summed E-state index contributed by atoms with van der Waals surface area (Å²) >= 11 is 0. The summed E-state index contributed by atoms with van der Waals surface area (Å²) in [6.45, 7) is 2.07. The molecule has 1 aromatic carbocycles. The summed E-state index contributed by atoms with van der Waals surface area (Å²) in [6, 6.07) is 8.43.